The van der Waals surface area contributed by atoms with Crippen LogP contribution in [0.1, 0.15) is 66.2 Å². The lowest BCUT2D eigenvalue weighted by molar-refractivity contribution is 0.134. The molecule has 0 aromatic rings. The number of hydrogen-bond donors (Lipinski definition) is 1. The van der Waals surface area contributed by atoms with Gasteiger partial charge in [0.05, 0.1) is 6.61 Å². The molecule has 0 heterocycles. The van der Waals surface area contributed by atoms with Crippen molar-refractivity contribution in [2.45, 2.75) is 71.8 Å². The van der Waals surface area contributed by atoms with Gasteiger partial charge in [-0.15, -0.1) is 0 Å². The molecule has 0 bridgehead atoms. The molecule has 0 aromatic carbocycles. The van der Waals surface area contributed by atoms with Crippen molar-refractivity contribution < 1.29 is 4.74 Å². The number of nitrogens with one attached hydrogen (secondary N) is 1. The van der Waals surface area contributed by atoms with Crippen LogP contribution in [0, 0.1) is 0 Å². The Hall–Kier alpha value is -0.0800. The van der Waals surface area contributed by atoms with Crippen molar-refractivity contribution in [3.8, 4) is 0 Å². The smallest absolute Gasteiger partial charge is 0.0590 e. The highest BCUT2D eigenvalue weighted by Gasteiger charge is 2.25. The second-order valence-corrected chi connectivity index (χ2v) is 4.65. The van der Waals surface area contributed by atoms with Crippen molar-refractivity contribution in [3.05, 3.63) is 0 Å². The molecule has 0 rings (SSSR count). The van der Waals surface area contributed by atoms with Crippen molar-refractivity contribution in [2.24, 2.45) is 0 Å². The Kier molecular flexibility index (Phi) is 10.0. The van der Waals surface area contributed by atoms with Crippen molar-refractivity contribution in [1.29, 1.82) is 0 Å². The molecule has 0 spiro atoms. The Labute approximate surface area is 102 Å². The highest BCUT2D eigenvalue weighted by atomic mass is 16.5. The van der Waals surface area contributed by atoms with Gasteiger partial charge in [0, 0.05) is 18.7 Å². The quantitative estimate of drug-likeness (QED) is 0.545. The topological polar surface area (TPSA) is 21.3 Å². The molecule has 0 aliphatic rings. The highest BCUT2D eigenvalue weighted by Crippen LogP contribution is 2.25. The average molecular weight is 229 g/mol. The lowest BCUT2D eigenvalue weighted by atomic mass is 9.84. The summed E-state index contributed by atoms with van der Waals surface area (Å²) in [6.45, 7) is 11.6. The molecular formula is C14H31NO. The van der Waals surface area contributed by atoms with E-state index in [4.69, 9.17) is 4.74 Å². The first-order chi connectivity index (χ1) is 7.74. The Morgan fingerprint density at radius 1 is 0.875 bits per heavy atom. The number of rotatable bonds is 11. The SMILES string of the molecule is CCCC(CCC)(CCC)NCCOCC. The summed E-state index contributed by atoms with van der Waals surface area (Å²) < 4.78 is 5.40. The average Bonchev–Trinajstić information content (AvgIpc) is 2.26. The van der Waals surface area contributed by atoms with E-state index in [1.807, 2.05) is 0 Å². The van der Waals surface area contributed by atoms with Crippen molar-refractivity contribution in [3.63, 3.8) is 0 Å². The molecule has 2 heteroatoms. The van der Waals surface area contributed by atoms with E-state index in [1.165, 1.54) is 38.5 Å². The zero-order valence-electron chi connectivity index (χ0n) is 11.8. The highest BCUT2D eigenvalue weighted by molar-refractivity contribution is 4.86. The molecule has 0 unspecified atom stereocenters. The molecule has 1 N–H and O–H groups in total. The van der Waals surface area contributed by atoms with Gasteiger partial charge in [-0.2, -0.15) is 0 Å². The Balaban J connectivity index is 4.12. The number of ether oxygens (including phenoxy) is 1. The molecule has 0 aliphatic heterocycles. The minimum absolute atomic E-state index is 0.370. The Morgan fingerprint density at radius 2 is 1.38 bits per heavy atom. The second-order valence-electron chi connectivity index (χ2n) is 4.65. The van der Waals surface area contributed by atoms with E-state index in [0.717, 1.165) is 19.8 Å². The summed E-state index contributed by atoms with van der Waals surface area (Å²) in [5.41, 5.74) is 0.370. The van der Waals surface area contributed by atoms with Crippen molar-refractivity contribution in [2.75, 3.05) is 19.8 Å². The summed E-state index contributed by atoms with van der Waals surface area (Å²) in [7, 11) is 0. The maximum absolute atomic E-state index is 5.40. The van der Waals surface area contributed by atoms with Crippen LogP contribution in [0.15, 0.2) is 0 Å². The van der Waals surface area contributed by atoms with Crippen LogP contribution < -0.4 is 5.32 Å². The van der Waals surface area contributed by atoms with Crippen LogP contribution in [-0.2, 0) is 4.74 Å². The van der Waals surface area contributed by atoms with E-state index in [1.54, 1.807) is 0 Å². The summed E-state index contributed by atoms with van der Waals surface area (Å²) in [5, 5.41) is 3.75. The molecule has 0 saturated carbocycles. The maximum Gasteiger partial charge on any atom is 0.0590 e. The van der Waals surface area contributed by atoms with E-state index in [0.29, 0.717) is 5.54 Å². The van der Waals surface area contributed by atoms with Gasteiger partial charge >= 0.3 is 0 Å². The van der Waals surface area contributed by atoms with Crippen LogP contribution in [0.5, 0.6) is 0 Å². The first-order valence-corrected chi connectivity index (χ1v) is 7.07. The van der Waals surface area contributed by atoms with E-state index >= 15 is 0 Å². The molecule has 16 heavy (non-hydrogen) atoms. The van der Waals surface area contributed by atoms with Gasteiger partial charge < -0.3 is 10.1 Å². The van der Waals surface area contributed by atoms with Gasteiger partial charge in [-0.3, -0.25) is 0 Å². The van der Waals surface area contributed by atoms with Gasteiger partial charge in [0.25, 0.3) is 0 Å². The van der Waals surface area contributed by atoms with E-state index in [-0.39, 0.29) is 0 Å². The molecule has 98 valence electrons. The lowest BCUT2D eigenvalue weighted by Crippen LogP contribution is -2.46. The number of hydrogen-bond acceptors (Lipinski definition) is 2. The molecule has 0 saturated heterocycles. The van der Waals surface area contributed by atoms with Gasteiger partial charge in [0.15, 0.2) is 0 Å². The first-order valence-electron chi connectivity index (χ1n) is 7.07. The maximum atomic E-state index is 5.40. The Bertz CT molecular complexity index is 131. The fourth-order valence-corrected chi connectivity index (χ4v) is 2.61. The zero-order valence-corrected chi connectivity index (χ0v) is 11.8. The monoisotopic (exact) mass is 229 g/mol. The van der Waals surface area contributed by atoms with Crippen LogP contribution in [0.4, 0.5) is 0 Å². The molecule has 0 fully saturated rings. The van der Waals surface area contributed by atoms with Gasteiger partial charge in [-0.25, -0.2) is 0 Å². The van der Waals surface area contributed by atoms with Crippen LogP contribution in [0.2, 0.25) is 0 Å². The standard InChI is InChI=1S/C14H31NO/c1-5-9-14(10-6-2,11-7-3)15-12-13-16-8-4/h15H,5-13H2,1-4H3. The molecule has 0 atom stereocenters. The summed E-state index contributed by atoms with van der Waals surface area (Å²) in [6, 6.07) is 0. The molecule has 0 aliphatic carbocycles. The summed E-state index contributed by atoms with van der Waals surface area (Å²) >= 11 is 0. The first kappa shape index (κ1) is 15.9. The van der Waals surface area contributed by atoms with Gasteiger partial charge in [0.1, 0.15) is 0 Å². The van der Waals surface area contributed by atoms with Crippen molar-refractivity contribution >= 4 is 0 Å². The minimum atomic E-state index is 0.370. The van der Waals surface area contributed by atoms with Gasteiger partial charge in [0.2, 0.25) is 0 Å². The zero-order chi connectivity index (χ0) is 12.3. The summed E-state index contributed by atoms with van der Waals surface area (Å²) in [5.74, 6) is 0. The van der Waals surface area contributed by atoms with Crippen LogP contribution >= 0.6 is 0 Å². The molecule has 0 radical (unpaired) electrons. The van der Waals surface area contributed by atoms with Crippen LogP contribution in [0.3, 0.4) is 0 Å². The largest absolute Gasteiger partial charge is 0.380 e. The third-order valence-electron chi connectivity index (χ3n) is 3.14. The summed E-state index contributed by atoms with van der Waals surface area (Å²) in [4.78, 5) is 0. The molecule has 0 amide bonds. The molecule has 2 nitrogen and oxygen atoms in total. The van der Waals surface area contributed by atoms with Crippen LogP contribution in [-0.4, -0.2) is 25.3 Å². The van der Waals surface area contributed by atoms with E-state index in [9.17, 15) is 0 Å². The third-order valence-corrected chi connectivity index (χ3v) is 3.14. The molecular weight excluding hydrogens is 198 g/mol. The molecule has 0 aromatic heterocycles. The third kappa shape index (κ3) is 6.49. The van der Waals surface area contributed by atoms with E-state index in [2.05, 4.69) is 33.0 Å². The summed E-state index contributed by atoms with van der Waals surface area (Å²) in [6.07, 6.45) is 7.67. The lowest BCUT2D eigenvalue weighted by Gasteiger charge is -2.35. The normalized spacial score (nSPS) is 12.0. The van der Waals surface area contributed by atoms with Crippen LogP contribution in [0.25, 0.3) is 0 Å². The fraction of sp³-hybridized carbons (Fsp3) is 1.00. The predicted octanol–water partition coefficient (Wildman–Crippen LogP) is 3.75. The van der Waals surface area contributed by atoms with Gasteiger partial charge in [-0.05, 0) is 26.2 Å². The minimum Gasteiger partial charge on any atom is -0.380 e. The van der Waals surface area contributed by atoms with Gasteiger partial charge in [-0.1, -0.05) is 40.0 Å². The fourth-order valence-electron chi connectivity index (χ4n) is 2.61. The van der Waals surface area contributed by atoms with Crippen molar-refractivity contribution in [1.82, 2.24) is 5.32 Å². The second kappa shape index (κ2) is 10.1. The van der Waals surface area contributed by atoms with E-state index < -0.39 is 0 Å². The Morgan fingerprint density at radius 3 is 1.75 bits per heavy atom. The predicted molar refractivity (Wildman–Crippen MR) is 72.0 cm³/mol.